The fraction of sp³-hybridized carbons (Fsp3) is 0.553. The molecule has 0 aliphatic carbocycles. The van der Waals surface area contributed by atoms with E-state index >= 15 is 0 Å². The number of benzene rings is 2. The molecule has 11 nitrogen and oxygen atoms in total. The van der Waals surface area contributed by atoms with Crippen LogP contribution in [0.15, 0.2) is 60.7 Å². The minimum Gasteiger partial charge on any atom is -0.351 e. The SMILES string of the molecule is CC(C)C[C@@H]1NC[C@H](C)NC(=O)[C@H](Cc2ccccc2)NC(=O)CN(Cc2ccccc2)C(=O)[C@H]2CCCN2C(=O)[C@H](CC(C)C)NC1=O. The van der Waals surface area contributed by atoms with Gasteiger partial charge in [0.05, 0.1) is 12.6 Å². The van der Waals surface area contributed by atoms with Gasteiger partial charge in [0.1, 0.15) is 18.1 Å². The van der Waals surface area contributed by atoms with E-state index in [-0.39, 0.29) is 61.0 Å². The van der Waals surface area contributed by atoms with Crippen molar-refractivity contribution in [1.29, 1.82) is 0 Å². The molecular weight excluding hydrogens is 620 g/mol. The number of nitrogens with one attached hydrogen (secondary N) is 4. The van der Waals surface area contributed by atoms with Crippen molar-refractivity contribution < 1.29 is 24.0 Å². The molecule has 2 heterocycles. The molecule has 266 valence electrons. The molecule has 5 atom stereocenters. The summed E-state index contributed by atoms with van der Waals surface area (Å²) < 4.78 is 0. The van der Waals surface area contributed by atoms with Crippen molar-refractivity contribution in [3.8, 4) is 0 Å². The molecule has 2 aliphatic heterocycles. The second kappa shape index (κ2) is 17.9. The van der Waals surface area contributed by atoms with Crippen LogP contribution in [0, 0.1) is 11.8 Å². The first-order chi connectivity index (χ1) is 23.4. The van der Waals surface area contributed by atoms with Crippen LogP contribution in [0.2, 0.25) is 0 Å². The highest BCUT2D eigenvalue weighted by molar-refractivity contribution is 5.95. The van der Waals surface area contributed by atoms with Crippen LogP contribution in [0.3, 0.4) is 0 Å². The Kier molecular flexibility index (Phi) is 13.8. The lowest BCUT2D eigenvalue weighted by molar-refractivity contribution is -0.147. The maximum atomic E-state index is 14.3. The number of hydrogen-bond acceptors (Lipinski definition) is 6. The van der Waals surface area contributed by atoms with Gasteiger partial charge in [-0.2, -0.15) is 0 Å². The molecule has 0 spiro atoms. The lowest BCUT2D eigenvalue weighted by atomic mass is 9.99. The highest BCUT2D eigenvalue weighted by atomic mass is 16.2. The first kappa shape index (κ1) is 37.6. The molecule has 11 heteroatoms. The van der Waals surface area contributed by atoms with Gasteiger partial charge >= 0.3 is 0 Å². The molecule has 49 heavy (non-hydrogen) atoms. The molecule has 0 radical (unpaired) electrons. The zero-order chi connectivity index (χ0) is 35.5. The quantitative estimate of drug-likeness (QED) is 0.340. The normalized spacial score (nSPS) is 25.0. The Morgan fingerprint density at radius 3 is 1.94 bits per heavy atom. The Morgan fingerprint density at radius 1 is 0.714 bits per heavy atom. The van der Waals surface area contributed by atoms with Gasteiger partial charge < -0.3 is 31.1 Å². The molecular formula is C38H54N6O5. The molecule has 2 aromatic carbocycles. The van der Waals surface area contributed by atoms with Gasteiger partial charge in [-0.05, 0) is 55.6 Å². The van der Waals surface area contributed by atoms with E-state index in [1.165, 1.54) is 4.90 Å². The number of rotatable bonds is 8. The second-order valence-electron chi connectivity index (χ2n) is 14.4. The average molecular weight is 675 g/mol. The molecule has 0 bridgehead atoms. The summed E-state index contributed by atoms with van der Waals surface area (Å²) in [4.78, 5) is 72.8. The Morgan fingerprint density at radius 2 is 1.31 bits per heavy atom. The van der Waals surface area contributed by atoms with Crippen LogP contribution in [-0.4, -0.2) is 89.2 Å². The Balaban J connectivity index is 1.70. The van der Waals surface area contributed by atoms with Crippen LogP contribution in [0.4, 0.5) is 0 Å². The monoisotopic (exact) mass is 674 g/mol. The van der Waals surface area contributed by atoms with E-state index in [1.54, 1.807) is 4.90 Å². The number of carbonyl (C=O) groups is 5. The van der Waals surface area contributed by atoms with Gasteiger partial charge in [0, 0.05) is 32.1 Å². The number of fused-ring (bicyclic) bond motifs is 1. The Hall–Kier alpha value is -4.25. The van der Waals surface area contributed by atoms with Crippen LogP contribution in [0.25, 0.3) is 0 Å². The van der Waals surface area contributed by atoms with Gasteiger partial charge in [-0.1, -0.05) is 88.4 Å². The smallest absolute Gasteiger partial charge is 0.246 e. The maximum absolute atomic E-state index is 14.3. The van der Waals surface area contributed by atoms with Crippen LogP contribution in [-0.2, 0) is 36.9 Å². The van der Waals surface area contributed by atoms with E-state index in [1.807, 2.05) is 95.3 Å². The van der Waals surface area contributed by atoms with Gasteiger partial charge in [-0.25, -0.2) is 0 Å². The average Bonchev–Trinajstić information content (AvgIpc) is 3.55. The van der Waals surface area contributed by atoms with Crippen LogP contribution >= 0.6 is 0 Å². The fourth-order valence-corrected chi connectivity index (χ4v) is 6.62. The van der Waals surface area contributed by atoms with Crippen LogP contribution in [0.1, 0.15) is 71.4 Å². The molecule has 5 amide bonds. The molecule has 0 aromatic heterocycles. The van der Waals surface area contributed by atoms with Crippen molar-refractivity contribution in [2.24, 2.45) is 11.8 Å². The number of hydrogen-bond donors (Lipinski definition) is 4. The summed E-state index contributed by atoms with van der Waals surface area (Å²) in [5, 5.41) is 12.3. The van der Waals surface area contributed by atoms with E-state index in [2.05, 4.69) is 21.3 Å². The van der Waals surface area contributed by atoms with Gasteiger partial charge in [-0.3, -0.25) is 24.0 Å². The van der Waals surface area contributed by atoms with Gasteiger partial charge in [0.15, 0.2) is 0 Å². The third-order valence-corrected chi connectivity index (χ3v) is 9.02. The van der Waals surface area contributed by atoms with E-state index in [0.29, 0.717) is 38.8 Å². The van der Waals surface area contributed by atoms with Crippen LogP contribution < -0.4 is 21.3 Å². The molecule has 2 fully saturated rings. The molecule has 2 aliphatic rings. The summed E-state index contributed by atoms with van der Waals surface area (Å²) >= 11 is 0. The van der Waals surface area contributed by atoms with Crippen molar-refractivity contribution in [2.45, 2.75) is 103 Å². The molecule has 2 saturated heterocycles. The van der Waals surface area contributed by atoms with E-state index in [0.717, 1.165) is 11.1 Å². The predicted octanol–water partition coefficient (Wildman–Crippen LogP) is 2.79. The lowest BCUT2D eigenvalue weighted by Gasteiger charge is -2.34. The highest BCUT2D eigenvalue weighted by Crippen LogP contribution is 2.23. The molecule has 2 aromatic rings. The van der Waals surface area contributed by atoms with Gasteiger partial charge in [-0.15, -0.1) is 0 Å². The topological polar surface area (TPSA) is 140 Å². The number of amides is 5. The van der Waals surface area contributed by atoms with Gasteiger partial charge in [0.25, 0.3) is 0 Å². The lowest BCUT2D eigenvalue weighted by Crippen LogP contribution is -2.59. The van der Waals surface area contributed by atoms with E-state index in [4.69, 9.17) is 0 Å². The third kappa shape index (κ3) is 11.1. The first-order valence-corrected chi connectivity index (χ1v) is 17.7. The maximum Gasteiger partial charge on any atom is 0.246 e. The second-order valence-corrected chi connectivity index (χ2v) is 14.4. The van der Waals surface area contributed by atoms with Crippen molar-refractivity contribution in [3.63, 3.8) is 0 Å². The Bertz CT molecular complexity index is 1420. The van der Waals surface area contributed by atoms with E-state index in [9.17, 15) is 24.0 Å². The van der Waals surface area contributed by atoms with Crippen molar-refractivity contribution in [2.75, 3.05) is 19.6 Å². The predicted molar refractivity (Wildman–Crippen MR) is 189 cm³/mol. The first-order valence-electron chi connectivity index (χ1n) is 17.7. The molecule has 4 rings (SSSR count). The summed E-state index contributed by atoms with van der Waals surface area (Å²) in [5.74, 6) is -1.43. The zero-order valence-corrected chi connectivity index (χ0v) is 29.6. The molecule has 0 unspecified atom stereocenters. The minimum absolute atomic E-state index is 0.109. The van der Waals surface area contributed by atoms with Crippen molar-refractivity contribution >= 4 is 29.5 Å². The van der Waals surface area contributed by atoms with E-state index < -0.39 is 30.1 Å². The zero-order valence-electron chi connectivity index (χ0n) is 29.6. The molecule has 0 saturated carbocycles. The highest BCUT2D eigenvalue weighted by Gasteiger charge is 2.41. The molecule has 4 N–H and O–H groups in total. The summed E-state index contributed by atoms with van der Waals surface area (Å²) in [6, 6.07) is 15.4. The summed E-state index contributed by atoms with van der Waals surface area (Å²) in [6.45, 7) is 10.5. The summed E-state index contributed by atoms with van der Waals surface area (Å²) in [6.07, 6.45) is 2.29. The van der Waals surface area contributed by atoms with Gasteiger partial charge in [0.2, 0.25) is 29.5 Å². The van der Waals surface area contributed by atoms with Crippen molar-refractivity contribution in [3.05, 3.63) is 71.8 Å². The largest absolute Gasteiger partial charge is 0.351 e. The number of nitrogens with zero attached hydrogens (tertiary/aromatic N) is 2. The summed E-state index contributed by atoms with van der Waals surface area (Å²) in [5.41, 5.74) is 1.71. The summed E-state index contributed by atoms with van der Waals surface area (Å²) in [7, 11) is 0. The third-order valence-electron chi connectivity index (χ3n) is 9.02. The fourth-order valence-electron chi connectivity index (χ4n) is 6.62. The Labute approximate surface area is 290 Å². The number of carbonyl (C=O) groups excluding carboxylic acids is 5. The van der Waals surface area contributed by atoms with Crippen molar-refractivity contribution in [1.82, 2.24) is 31.1 Å². The minimum atomic E-state index is -0.902. The standard InChI is InChI=1S/C38H54N6O5/c1-25(2)19-30-35(46)42-32(20-26(3)4)37(48)44-18-12-17-33(44)38(49)43(23-29-15-10-7-11-16-29)24-34(45)41-31(21-28-13-8-6-9-14-28)36(47)40-27(5)22-39-30/h6-11,13-16,25-27,30-33,39H,12,17-24H2,1-5H3,(H,40,47)(H,41,45)(H,42,46)/t27-,30-,31-,32-,33+/m0/s1. The van der Waals surface area contributed by atoms with Crippen LogP contribution in [0.5, 0.6) is 0 Å².